The van der Waals surface area contributed by atoms with Gasteiger partial charge in [-0.05, 0) is 25.7 Å². The minimum atomic E-state index is 0.0341. The van der Waals surface area contributed by atoms with Crippen molar-refractivity contribution in [2.24, 2.45) is 10.9 Å². The zero-order chi connectivity index (χ0) is 20.4. The van der Waals surface area contributed by atoms with Gasteiger partial charge in [0.2, 0.25) is 0 Å². The monoisotopic (exact) mass is 414 g/mol. The summed E-state index contributed by atoms with van der Waals surface area (Å²) in [5.41, 5.74) is 0. The highest BCUT2D eigenvalue weighted by molar-refractivity contribution is 8.14. The van der Waals surface area contributed by atoms with Crippen molar-refractivity contribution in [3.63, 3.8) is 0 Å². The van der Waals surface area contributed by atoms with E-state index in [0.717, 1.165) is 70.1 Å². The van der Waals surface area contributed by atoms with Gasteiger partial charge in [-0.1, -0.05) is 51.8 Å². The van der Waals surface area contributed by atoms with Crippen molar-refractivity contribution >= 4 is 16.9 Å². The molecule has 1 heterocycles. The smallest absolute Gasteiger partial charge is 0.159 e. The molecule has 0 N–H and O–H groups in total. The van der Waals surface area contributed by atoms with E-state index in [0.29, 0.717) is 11.2 Å². The molecular weight excluding hydrogens is 372 g/mol. The molecule has 1 saturated carbocycles. The highest BCUT2D eigenvalue weighted by atomic mass is 32.2. The highest BCUT2D eigenvalue weighted by Crippen LogP contribution is 2.42. The molecule has 0 aromatic rings. The van der Waals surface area contributed by atoms with Gasteiger partial charge in [0.05, 0.1) is 18.8 Å². The molecule has 2 rings (SSSR count). The highest BCUT2D eigenvalue weighted by Gasteiger charge is 2.49. The van der Waals surface area contributed by atoms with Crippen molar-refractivity contribution in [2.45, 2.75) is 89.2 Å². The second-order valence-electron chi connectivity index (χ2n) is 8.26. The van der Waals surface area contributed by atoms with E-state index >= 15 is 0 Å². The quantitative estimate of drug-likeness (QED) is 0.412. The molecule has 1 aliphatic heterocycles. The molecule has 5 atom stereocenters. The van der Waals surface area contributed by atoms with E-state index in [2.05, 4.69) is 39.8 Å². The van der Waals surface area contributed by atoms with Gasteiger partial charge in [-0.15, -0.1) is 0 Å². The number of ether oxygens (including phenoxy) is 3. The number of hydrogen-bond acceptors (Lipinski definition) is 6. The Morgan fingerprint density at radius 3 is 2.14 bits per heavy atom. The topological polar surface area (TPSA) is 43.3 Å². The molecule has 0 radical (unpaired) electrons. The molecule has 0 spiro atoms. The first-order valence-corrected chi connectivity index (χ1v) is 12.2. The van der Waals surface area contributed by atoms with Crippen LogP contribution in [0, 0.1) is 5.92 Å². The zero-order valence-corrected chi connectivity index (χ0v) is 19.5. The fraction of sp³-hybridized carbons (Fsp3) is 0.955. The number of fused-ring (bicyclic) bond motifs is 1. The Balaban J connectivity index is 2.13. The Bertz CT molecular complexity index is 461. The lowest BCUT2D eigenvalue weighted by atomic mass is 9.81. The number of hydrogen-bond donors (Lipinski definition) is 0. The number of amidine groups is 1. The van der Waals surface area contributed by atoms with Crippen molar-refractivity contribution in [1.82, 2.24) is 4.90 Å². The minimum absolute atomic E-state index is 0.0341. The van der Waals surface area contributed by atoms with Gasteiger partial charge in [0.1, 0.15) is 6.10 Å². The lowest BCUT2D eigenvalue weighted by molar-refractivity contribution is -0.135. The van der Waals surface area contributed by atoms with E-state index in [1.165, 1.54) is 6.42 Å². The molecule has 2 aliphatic rings. The third-order valence-electron chi connectivity index (χ3n) is 5.53. The summed E-state index contributed by atoms with van der Waals surface area (Å²) in [6, 6.07) is 0.192. The van der Waals surface area contributed by atoms with Crippen LogP contribution in [0.1, 0.15) is 65.7 Å². The zero-order valence-electron chi connectivity index (χ0n) is 18.7. The van der Waals surface area contributed by atoms with Gasteiger partial charge in [-0.3, -0.25) is 4.99 Å². The van der Waals surface area contributed by atoms with Crippen molar-refractivity contribution in [2.75, 3.05) is 40.5 Å². The van der Waals surface area contributed by atoms with Gasteiger partial charge >= 0.3 is 0 Å². The summed E-state index contributed by atoms with van der Waals surface area (Å²) in [5.74, 6) is 0.380. The van der Waals surface area contributed by atoms with Crippen LogP contribution in [0.15, 0.2) is 4.99 Å². The Morgan fingerprint density at radius 2 is 1.54 bits per heavy atom. The van der Waals surface area contributed by atoms with E-state index in [1.807, 2.05) is 11.8 Å². The Kier molecular flexibility index (Phi) is 11.2. The maximum Gasteiger partial charge on any atom is 0.159 e. The van der Waals surface area contributed by atoms with E-state index < -0.39 is 0 Å². The third-order valence-corrected chi connectivity index (χ3v) is 6.99. The van der Waals surface area contributed by atoms with Gasteiger partial charge in [0.25, 0.3) is 0 Å². The molecule has 0 saturated heterocycles. The maximum absolute atomic E-state index is 6.45. The third kappa shape index (κ3) is 6.89. The summed E-state index contributed by atoms with van der Waals surface area (Å²) >= 11 is 1.91. The van der Waals surface area contributed by atoms with Crippen molar-refractivity contribution < 1.29 is 14.2 Å². The SMILES string of the molecule is CCCCOC[C@H]1CC2SC(N(C)C)=N[C@@H]2[C@@H](OCCCC)[C@@H]1OCCCC. The molecule has 0 amide bonds. The standard InChI is InChI=1S/C22H42N2O3S/c1-6-9-12-25-16-17-15-18-19(23-22(28-18)24(4)5)21(27-14-11-8-3)20(17)26-13-10-7-2/h17-21H,6-16H2,1-5H3/t17-,18?,19+,20-,21-/m1/s1. The number of thioether (sulfide) groups is 1. The number of aliphatic imine (C=N–C) groups is 1. The first kappa shape index (κ1) is 24.0. The van der Waals surface area contributed by atoms with Crippen LogP contribution in [-0.2, 0) is 14.2 Å². The molecular formula is C22H42N2O3S. The van der Waals surface area contributed by atoms with Crippen LogP contribution in [0.25, 0.3) is 0 Å². The van der Waals surface area contributed by atoms with E-state index in [9.17, 15) is 0 Å². The van der Waals surface area contributed by atoms with Crippen LogP contribution < -0.4 is 0 Å². The number of rotatable bonds is 13. The van der Waals surface area contributed by atoms with Crippen molar-refractivity contribution in [3.05, 3.63) is 0 Å². The summed E-state index contributed by atoms with van der Waals surface area (Å²) in [6.45, 7) is 9.83. The van der Waals surface area contributed by atoms with E-state index in [-0.39, 0.29) is 18.2 Å². The minimum Gasteiger partial charge on any atom is -0.381 e. The Morgan fingerprint density at radius 1 is 0.929 bits per heavy atom. The first-order chi connectivity index (χ1) is 13.6. The molecule has 6 heteroatoms. The summed E-state index contributed by atoms with van der Waals surface area (Å²) in [6.07, 6.45) is 7.98. The molecule has 1 unspecified atom stereocenters. The number of nitrogens with zero attached hydrogens (tertiary/aromatic N) is 2. The normalized spacial score (nSPS) is 29.6. The molecule has 0 aromatic carbocycles. The van der Waals surface area contributed by atoms with Crippen molar-refractivity contribution in [3.8, 4) is 0 Å². The molecule has 164 valence electrons. The average Bonchev–Trinajstić information content (AvgIpc) is 3.11. The molecule has 1 aliphatic carbocycles. The van der Waals surface area contributed by atoms with Gasteiger partial charge in [0, 0.05) is 45.1 Å². The molecule has 28 heavy (non-hydrogen) atoms. The second-order valence-corrected chi connectivity index (χ2v) is 9.46. The predicted octanol–water partition coefficient (Wildman–Crippen LogP) is 4.60. The summed E-state index contributed by atoms with van der Waals surface area (Å²) in [7, 11) is 4.16. The molecule has 0 bridgehead atoms. The van der Waals surface area contributed by atoms with Crippen LogP contribution in [0.2, 0.25) is 0 Å². The largest absolute Gasteiger partial charge is 0.381 e. The van der Waals surface area contributed by atoms with Crippen LogP contribution >= 0.6 is 11.8 Å². The Hall–Kier alpha value is -0.300. The van der Waals surface area contributed by atoms with Crippen LogP contribution in [0.4, 0.5) is 0 Å². The molecule has 0 aromatic heterocycles. The summed E-state index contributed by atoms with van der Waals surface area (Å²) in [4.78, 5) is 7.18. The summed E-state index contributed by atoms with van der Waals surface area (Å²) in [5, 5.41) is 1.59. The van der Waals surface area contributed by atoms with Crippen molar-refractivity contribution in [1.29, 1.82) is 0 Å². The lowest BCUT2D eigenvalue weighted by Crippen LogP contribution is -2.54. The predicted molar refractivity (Wildman–Crippen MR) is 119 cm³/mol. The van der Waals surface area contributed by atoms with Crippen LogP contribution in [-0.4, -0.2) is 74.1 Å². The average molecular weight is 415 g/mol. The fourth-order valence-electron chi connectivity index (χ4n) is 3.83. The van der Waals surface area contributed by atoms with E-state index in [1.54, 1.807) is 0 Å². The maximum atomic E-state index is 6.45. The Labute approximate surface area is 177 Å². The molecule has 5 nitrogen and oxygen atoms in total. The van der Waals surface area contributed by atoms with E-state index in [4.69, 9.17) is 19.2 Å². The lowest BCUT2D eigenvalue weighted by Gasteiger charge is -2.42. The number of unbranched alkanes of at least 4 members (excludes halogenated alkanes) is 3. The van der Waals surface area contributed by atoms with Gasteiger partial charge in [-0.2, -0.15) is 0 Å². The fourth-order valence-corrected chi connectivity index (χ4v) is 5.19. The summed E-state index contributed by atoms with van der Waals surface area (Å²) < 4.78 is 18.9. The van der Waals surface area contributed by atoms with Gasteiger partial charge in [-0.25, -0.2) is 0 Å². The van der Waals surface area contributed by atoms with Crippen LogP contribution in [0.3, 0.4) is 0 Å². The second kappa shape index (κ2) is 13.1. The molecule has 1 fully saturated rings. The first-order valence-electron chi connectivity index (χ1n) is 11.3. The van der Waals surface area contributed by atoms with Gasteiger partial charge in [0.15, 0.2) is 5.17 Å². The van der Waals surface area contributed by atoms with Crippen LogP contribution in [0.5, 0.6) is 0 Å². The van der Waals surface area contributed by atoms with Gasteiger partial charge < -0.3 is 19.1 Å².